The molecule has 160 valence electrons. The van der Waals surface area contributed by atoms with Gasteiger partial charge in [-0.3, -0.25) is 9.52 Å². The fraction of sp³-hybridized carbons (Fsp3) is 0.174. The molecule has 8 heteroatoms. The Morgan fingerprint density at radius 1 is 0.935 bits per heavy atom. The number of carbonyl (C=O) groups excluding carboxylic acids is 1. The monoisotopic (exact) mass is 438 g/mol. The smallest absolute Gasteiger partial charge is 0.261 e. The summed E-state index contributed by atoms with van der Waals surface area (Å²) in [4.78, 5) is 12.7. The number of amides is 1. The highest BCUT2D eigenvalue weighted by Gasteiger charge is 2.16. The van der Waals surface area contributed by atoms with Crippen LogP contribution in [0.2, 0.25) is 0 Å². The Bertz CT molecular complexity index is 1210. The van der Waals surface area contributed by atoms with E-state index in [1.165, 1.54) is 6.07 Å². The number of benzene rings is 3. The van der Waals surface area contributed by atoms with Crippen molar-refractivity contribution >= 4 is 21.6 Å². The molecule has 7 nitrogen and oxygen atoms in total. The van der Waals surface area contributed by atoms with Crippen molar-refractivity contribution in [3.05, 3.63) is 83.4 Å². The number of sulfonamides is 1. The molecule has 0 atom stereocenters. The maximum Gasteiger partial charge on any atom is 0.261 e. The van der Waals surface area contributed by atoms with E-state index in [1.807, 2.05) is 25.1 Å². The minimum Gasteiger partial charge on any atom is -0.486 e. The Balaban J connectivity index is 1.43. The van der Waals surface area contributed by atoms with Gasteiger partial charge in [0.2, 0.25) is 0 Å². The average molecular weight is 439 g/mol. The number of hydrogen-bond acceptors (Lipinski definition) is 5. The molecule has 0 spiro atoms. The van der Waals surface area contributed by atoms with Crippen molar-refractivity contribution in [1.29, 1.82) is 0 Å². The summed E-state index contributed by atoms with van der Waals surface area (Å²) in [6.45, 7) is 3.20. The molecule has 1 aliphatic rings. The van der Waals surface area contributed by atoms with E-state index in [4.69, 9.17) is 9.47 Å². The number of rotatable bonds is 6. The van der Waals surface area contributed by atoms with E-state index in [2.05, 4.69) is 10.0 Å². The standard InChI is InChI=1S/C23H22N2O5S/c1-16-5-8-20(9-6-16)31(27,28)25-19-4-2-3-18(14-19)23(26)24-15-17-7-10-21-22(13-17)30-12-11-29-21/h2-10,13-14,25H,11-12,15H2,1H3,(H,24,26). The summed E-state index contributed by atoms with van der Waals surface area (Å²) in [5.74, 6) is 1.03. The molecule has 0 radical (unpaired) electrons. The SMILES string of the molecule is Cc1ccc(S(=O)(=O)Nc2cccc(C(=O)NCc3ccc4c(c3)OCCO4)c2)cc1. The van der Waals surface area contributed by atoms with Crippen LogP contribution in [-0.4, -0.2) is 27.5 Å². The summed E-state index contributed by atoms with van der Waals surface area (Å²) in [5, 5.41) is 2.84. The van der Waals surface area contributed by atoms with Crippen molar-refractivity contribution in [1.82, 2.24) is 5.32 Å². The average Bonchev–Trinajstić information content (AvgIpc) is 2.77. The van der Waals surface area contributed by atoms with Gasteiger partial charge in [-0.05, 0) is 55.0 Å². The Kier molecular flexibility index (Phi) is 5.81. The van der Waals surface area contributed by atoms with E-state index in [1.54, 1.807) is 42.5 Å². The maximum absolute atomic E-state index is 12.6. The van der Waals surface area contributed by atoms with Gasteiger partial charge in [-0.1, -0.05) is 29.8 Å². The Hall–Kier alpha value is -3.52. The van der Waals surface area contributed by atoms with Crippen LogP contribution in [0.3, 0.4) is 0 Å². The van der Waals surface area contributed by atoms with Crippen molar-refractivity contribution < 1.29 is 22.7 Å². The van der Waals surface area contributed by atoms with E-state index in [0.29, 0.717) is 42.5 Å². The maximum atomic E-state index is 12.6. The number of fused-ring (bicyclic) bond motifs is 1. The van der Waals surface area contributed by atoms with Crippen LogP contribution in [0.15, 0.2) is 71.6 Å². The first-order chi connectivity index (χ1) is 14.9. The van der Waals surface area contributed by atoms with E-state index in [9.17, 15) is 13.2 Å². The molecule has 0 saturated heterocycles. The lowest BCUT2D eigenvalue weighted by molar-refractivity contribution is 0.0951. The normalized spacial score (nSPS) is 12.8. The summed E-state index contributed by atoms with van der Waals surface area (Å²) < 4.78 is 38.7. The third-order valence-electron chi connectivity index (χ3n) is 4.77. The van der Waals surface area contributed by atoms with Crippen molar-refractivity contribution in [2.75, 3.05) is 17.9 Å². The minimum atomic E-state index is -3.74. The van der Waals surface area contributed by atoms with Crippen molar-refractivity contribution in [2.24, 2.45) is 0 Å². The van der Waals surface area contributed by atoms with Crippen LogP contribution in [-0.2, 0) is 16.6 Å². The van der Waals surface area contributed by atoms with Crippen LogP contribution in [0.25, 0.3) is 0 Å². The molecule has 3 aromatic rings. The molecule has 4 rings (SSSR count). The quantitative estimate of drug-likeness (QED) is 0.614. The molecule has 31 heavy (non-hydrogen) atoms. The first-order valence-corrected chi connectivity index (χ1v) is 11.3. The van der Waals surface area contributed by atoms with Crippen molar-refractivity contribution in [3.63, 3.8) is 0 Å². The van der Waals surface area contributed by atoms with Gasteiger partial charge in [0.1, 0.15) is 13.2 Å². The Labute approximate surface area is 181 Å². The lowest BCUT2D eigenvalue weighted by Crippen LogP contribution is -2.23. The van der Waals surface area contributed by atoms with Crippen LogP contribution in [0.5, 0.6) is 11.5 Å². The summed E-state index contributed by atoms with van der Waals surface area (Å²) >= 11 is 0. The number of nitrogens with one attached hydrogen (secondary N) is 2. The van der Waals surface area contributed by atoms with Gasteiger partial charge in [0.15, 0.2) is 11.5 Å². The zero-order valence-electron chi connectivity index (χ0n) is 16.9. The van der Waals surface area contributed by atoms with Crippen LogP contribution in [0.1, 0.15) is 21.5 Å². The first-order valence-electron chi connectivity index (χ1n) is 9.77. The fourth-order valence-corrected chi connectivity index (χ4v) is 4.19. The molecule has 0 unspecified atom stereocenters. The lowest BCUT2D eigenvalue weighted by Gasteiger charge is -2.19. The number of hydrogen-bond donors (Lipinski definition) is 2. The predicted molar refractivity (Wildman–Crippen MR) is 117 cm³/mol. The van der Waals surface area contributed by atoms with Crippen LogP contribution >= 0.6 is 0 Å². The van der Waals surface area contributed by atoms with Gasteiger partial charge in [0, 0.05) is 17.8 Å². The first kappa shape index (κ1) is 20.7. The highest BCUT2D eigenvalue weighted by molar-refractivity contribution is 7.92. The molecule has 1 aliphatic heterocycles. The Morgan fingerprint density at radius 3 is 2.45 bits per heavy atom. The summed E-state index contributed by atoms with van der Waals surface area (Å²) in [5.41, 5.74) is 2.50. The van der Waals surface area contributed by atoms with Gasteiger partial charge in [-0.15, -0.1) is 0 Å². The van der Waals surface area contributed by atoms with Crippen molar-refractivity contribution in [2.45, 2.75) is 18.4 Å². The molecular weight excluding hydrogens is 416 g/mol. The largest absolute Gasteiger partial charge is 0.486 e. The summed E-state index contributed by atoms with van der Waals surface area (Å²) in [6.07, 6.45) is 0. The van der Waals surface area contributed by atoms with Gasteiger partial charge in [-0.2, -0.15) is 0 Å². The lowest BCUT2D eigenvalue weighted by atomic mass is 10.1. The minimum absolute atomic E-state index is 0.159. The van der Waals surface area contributed by atoms with Crippen LogP contribution in [0.4, 0.5) is 5.69 Å². The van der Waals surface area contributed by atoms with E-state index in [-0.39, 0.29) is 10.8 Å². The third kappa shape index (κ3) is 4.97. The van der Waals surface area contributed by atoms with Gasteiger partial charge in [0.25, 0.3) is 15.9 Å². The molecule has 0 saturated carbocycles. The fourth-order valence-electron chi connectivity index (χ4n) is 3.14. The van der Waals surface area contributed by atoms with E-state index >= 15 is 0 Å². The predicted octanol–water partition coefficient (Wildman–Crippen LogP) is 3.50. The molecule has 0 fully saturated rings. The Morgan fingerprint density at radius 2 is 1.68 bits per heavy atom. The third-order valence-corrected chi connectivity index (χ3v) is 6.17. The molecular formula is C23H22N2O5S. The molecule has 1 heterocycles. The number of carbonyl (C=O) groups is 1. The highest BCUT2D eigenvalue weighted by Crippen LogP contribution is 2.30. The molecule has 0 aliphatic carbocycles. The van der Waals surface area contributed by atoms with Crippen LogP contribution < -0.4 is 19.5 Å². The van der Waals surface area contributed by atoms with Gasteiger partial charge in [-0.25, -0.2) is 8.42 Å². The molecule has 1 amide bonds. The van der Waals surface area contributed by atoms with Crippen molar-refractivity contribution in [3.8, 4) is 11.5 Å². The summed E-state index contributed by atoms with van der Waals surface area (Å²) in [7, 11) is -3.74. The zero-order valence-corrected chi connectivity index (χ0v) is 17.7. The molecule has 3 aromatic carbocycles. The molecule has 0 aromatic heterocycles. The van der Waals surface area contributed by atoms with E-state index in [0.717, 1.165) is 11.1 Å². The highest BCUT2D eigenvalue weighted by atomic mass is 32.2. The topological polar surface area (TPSA) is 93.7 Å². The zero-order chi connectivity index (χ0) is 21.8. The second-order valence-corrected chi connectivity index (χ2v) is 8.84. The number of aryl methyl sites for hydroxylation is 1. The molecule has 0 bridgehead atoms. The van der Waals surface area contributed by atoms with E-state index < -0.39 is 10.0 Å². The number of anilines is 1. The van der Waals surface area contributed by atoms with Gasteiger partial charge < -0.3 is 14.8 Å². The van der Waals surface area contributed by atoms with Gasteiger partial charge >= 0.3 is 0 Å². The second kappa shape index (κ2) is 8.69. The number of ether oxygens (including phenoxy) is 2. The summed E-state index contributed by atoms with van der Waals surface area (Å²) in [6, 6.07) is 18.4. The van der Waals surface area contributed by atoms with Crippen LogP contribution in [0, 0.1) is 6.92 Å². The molecule has 2 N–H and O–H groups in total. The van der Waals surface area contributed by atoms with Gasteiger partial charge in [0.05, 0.1) is 4.90 Å². The second-order valence-electron chi connectivity index (χ2n) is 7.16.